The molecular formula is C56H34N4OS. The number of benzene rings is 8. The predicted octanol–water partition coefficient (Wildman–Crippen LogP) is 15.2. The Morgan fingerprint density at radius 3 is 1.52 bits per heavy atom. The van der Waals surface area contributed by atoms with Crippen LogP contribution in [0.25, 0.3) is 121 Å². The molecule has 0 aliphatic rings. The van der Waals surface area contributed by atoms with Crippen molar-refractivity contribution in [3.63, 3.8) is 0 Å². The highest BCUT2D eigenvalue weighted by molar-refractivity contribution is 7.21. The first-order valence-electron chi connectivity index (χ1n) is 20.6. The van der Waals surface area contributed by atoms with Crippen LogP contribution in [0.3, 0.4) is 0 Å². The number of furan rings is 1. The van der Waals surface area contributed by atoms with Crippen LogP contribution in [-0.4, -0.2) is 19.9 Å². The van der Waals surface area contributed by atoms with Gasteiger partial charge in [-0.3, -0.25) is 0 Å². The molecule has 0 saturated heterocycles. The van der Waals surface area contributed by atoms with Crippen LogP contribution < -0.4 is 0 Å². The van der Waals surface area contributed by atoms with Gasteiger partial charge in [0.2, 0.25) is 0 Å². The van der Waals surface area contributed by atoms with Crippen molar-refractivity contribution in [1.82, 2.24) is 19.9 Å². The van der Waals surface area contributed by atoms with Gasteiger partial charge in [0.05, 0.1) is 11.2 Å². The van der Waals surface area contributed by atoms with Gasteiger partial charge in [-0.2, -0.15) is 0 Å². The van der Waals surface area contributed by atoms with E-state index in [1.807, 2.05) is 72.0 Å². The summed E-state index contributed by atoms with van der Waals surface area (Å²) in [7, 11) is 0. The molecule has 0 aliphatic heterocycles. The minimum atomic E-state index is 0.593. The Labute approximate surface area is 361 Å². The summed E-state index contributed by atoms with van der Waals surface area (Å²) in [4.78, 5) is 23.1. The van der Waals surface area contributed by atoms with Crippen LogP contribution in [0.4, 0.5) is 0 Å². The molecule has 0 N–H and O–H groups in total. The lowest BCUT2D eigenvalue weighted by Gasteiger charge is -2.12. The van der Waals surface area contributed by atoms with Gasteiger partial charge in [-0.25, -0.2) is 19.9 Å². The van der Waals surface area contributed by atoms with Gasteiger partial charge in [-0.15, -0.1) is 11.3 Å². The molecule has 5 nitrogen and oxygen atoms in total. The second-order valence-electron chi connectivity index (χ2n) is 15.3. The molecule has 0 fully saturated rings. The average Bonchev–Trinajstić information content (AvgIpc) is 3.95. The fourth-order valence-corrected chi connectivity index (χ4v) is 9.94. The first kappa shape index (κ1) is 35.8. The predicted molar refractivity (Wildman–Crippen MR) is 256 cm³/mol. The molecule has 0 radical (unpaired) electrons. The van der Waals surface area contributed by atoms with Gasteiger partial charge in [-0.05, 0) is 46.5 Å². The van der Waals surface area contributed by atoms with Crippen LogP contribution in [0.5, 0.6) is 0 Å². The van der Waals surface area contributed by atoms with Gasteiger partial charge >= 0.3 is 0 Å². The minimum Gasteiger partial charge on any atom is -0.456 e. The summed E-state index contributed by atoms with van der Waals surface area (Å²) < 4.78 is 6.25. The number of hydrogen-bond acceptors (Lipinski definition) is 6. The van der Waals surface area contributed by atoms with Crippen LogP contribution in [0.2, 0.25) is 0 Å². The molecule has 0 aliphatic carbocycles. The summed E-state index contributed by atoms with van der Waals surface area (Å²) in [5, 5.41) is 5.52. The Morgan fingerprint density at radius 1 is 0.323 bits per heavy atom. The molecule has 12 rings (SSSR count). The third-order valence-corrected chi connectivity index (χ3v) is 12.8. The fourth-order valence-electron chi connectivity index (χ4n) is 8.61. The molecule has 6 heteroatoms. The molecule has 0 unspecified atom stereocenters. The van der Waals surface area contributed by atoms with Gasteiger partial charge in [0.15, 0.2) is 17.5 Å². The van der Waals surface area contributed by atoms with Crippen molar-refractivity contribution in [2.24, 2.45) is 0 Å². The van der Waals surface area contributed by atoms with Crippen molar-refractivity contribution in [2.45, 2.75) is 0 Å². The Kier molecular flexibility index (Phi) is 8.61. The second-order valence-corrected chi connectivity index (χ2v) is 16.3. The van der Waals surface area contributed by atoms with E-state index in [1.54, 1.807) is 0 Å². The number of nitrogens with zero attached hydrogens (tertiary/aromatic N) is 4. The van der Waals surface area contributed by atoms with Gasteiger partial charge in [0, 0.05) is 58.9 Å². The molecule has 0 spiro atoms. The van der Waals surface area contributed by atoms with Crippen molar-refractivity contribution in [3.05, 3.63) is 206 Å². The molecule has 4 aromatic heterocycles. The maximum Gasteiger partial charge on any atom is 0.164 e. The van der Waals surface area contributed by atoms with Crippen LogP contribution >= 0.6 is 11.3 Å². The molecule has 290 valence electrons. The lowest BCUT2D eigenvalue weighted by molar-refractivity contribution is 0.669. The molecule has 0 bridgehead atoms. The van der Waals surface area contributed by atoms with Crippen molar-refractivity contribution in [1.29, 1.82) is 0 Å². The van der Waals surface area contributed by atoms with Crippen molar-refractivity contribution in [2.75, 3.05) is 0 Å². The van der Waals surface area contributed by atoms with E-state index in [0.29, 0.717) is 17.5 Å². The van der Waals surface area contributed by atoms with E-state index < -0.39 is 0 Å². The topological polar surface area (TPSA) is 64.7 Å². The molecule has 8 aromatic carbocycles. The van der Waals surface area contributed by atoms with E-state index in [9.17, 15) is 0 Å². The van der Waals surface area contributed by atoms with E-state index >= 15 is 0 Å². The highest BCUT2D eigenvalue weighted by Crippen LogP contribution is 2.50. The number of pyridine rings is 1. The zero-order chi connectivity index (χ0) is 41.0. The lowest BCUT2D eigenvalue weighted by atomic mass is 9.94. The summed E-state index contributed by atoms with van der Waals surface area (Å²) >= 11 is 1.84. The zero-order valence-electron chi connectivity index (χ0n) is 33.2. The van der Waals surface area contributed by atoms with Crippen LogP contribution in [0, 0.1) is 0 Å². The minimum absolute atomic E-state index is 0.593. The van der Waals surface area contributed by atoms with Crippen LogP contribution in [0.15, 0.2) is 211 Å². The van der Waals surface area contributed by atoms with E-state index in [4.69, 9.17) is 24.4 Å². The van der Waals surface area contributed by atoms with Crippen molar-refractivity contribution < 1.29 is 4.42 Å². The normalized spacial score (nSPS) is 11.5. The third kappa shape index (κ3) is 6.16. The van der Waals surface area contributed by atoms with Gasteiger partial charge in [0.25, 0.3) is 0 Å². The highest BCUT2D eigenvalue weighted by atomic mass is 32.1. The zero-order valence-corrected chi connectivity index (χ0v) is 34.1. The largest absolute Gasteiger partial charge is 0.456 e. The van der Waals surface area contributed by atoms with E-state index in [2.05, 4.69) is 146 Å². The number of fused-ring (bicyclic) bond motifs is 6. The van der Waals surface area contributed by atoms with E-state index in [1.165, 1.54) is 31.7 Å². The molecule has 0 atom stereocenters. The Bertz CT molecular complexity index is 3600. The SMILES string of the molecule is c1ccc(-c2nc(-c3ccc(-c4ccc5nc(-c6ccccc6)c6c(-c7ccccc7)sc(-c7ccccc7)c6c5c4)cc3)nc(-c3cccc4oc5ccccc5c34)n2)cc1. The fraction of sp³-hybridized carbons (Fsp3) is 0. The number of thiophene rings is 1. The number of aromatic nitrogens is 4. The smallest absolute Gasteiger partial charge is 0.164 e. The summed E-state index contributed by atoms with van der Waals surface area (Å²) in [6, 6.07) is 71.5. The monoisotopic (exact) mass is 810 g/mol. The van der Waals surface area contributed by atoms with Gasteiger partial charge in [-0.1, -0.05) is 182 Å². The number of para-hydroxylation sites is 1. The molecule has 0 amide bonds. The van der Waals surface area contributed by atoms with Gasteiger partial charge in [0.1, 0.15) is 11.2 Å². The highest BCUT2D eigenvalue weighted by Gasteiger charge is 2.23. The van der Waals surface area contributed by atoms with Crippen molar-refractivity contribution in [3.8, 4) is 77.4 Å². The molecular weight excluding hydrogens is 777 g/mol. The maximum absolute atomic E-state index is 6.25. The summed E-state index contributed by atoms with van der Waals surface area (Å²) in [5.41, 5.74) is 11.9. The molecule has 0 saturated carbocycles. The summed E-state index contributed by atoms with van der Waals surface area (Å²) in [6.45, 7) is 0. The molecule has 4 heterocycles. The lowest BCUT2D eigenvalue weighted by Crippen LogP contribution is -2.00. The molecule has 62 heavy (non-hydrogen) atoms. The van der Waals surface area contributed by atoms with Crippen LogP contribution in [-0.2, 0) is 0 Å². The van der Waals surface area contributed by atoms with Gasteiger partial charge < -0.3 is 4.42 Å². The Hall–Kier alpha value is -8.06. The first-order valence-corrected chi connectivity index (χ1v) is 21.4. The van der Waals surface area contributed by atoms with E-state index in [0.717, 1.165) is 71.9 Å². The maximum atomic E-state index is 6.25. The summed E-state index contributed by atoms with van der Waals surface area (Å²) in [5.74, 6) is 1.80. The molecule has 12 aromatic rings. The van der Waals surface area contributed by atoms with E-state index in [-0.39, 0.29) is 0 Å². The Balaban J connectivity index is 1.02. The second kappa shape index (κ2) is 14.9. The standard InChI is InChI=1S/C56H34N4OS/c1-5-16-36(17-6-1)51-50-49(52(37-18-7-2-8-19-37)62-53(50)38-20-9-3-10-21-38)44-34-41(32-33-45(44)57-51)35-28-30-40(31-29-35)55-58-54(39-22-11-4-12-23-39)59-56(60-55)43-25-15-27-47-48(43)42-24-13-14-26-46(42)61-47/h1-34H. The van der Waals surface area contributed by atoms with Crippen LogP contribution in [0.1, 0.15) is 0 Å². The van der Waals surface area contributed by atoms with Crippen molar-refractivity contribution >= 4 is 55.0 Å². The number of rotatable bonds is 7. The Morgan fingerprint density at radius 2 is 0.839 bits per heavy atom. The third-order valence-electron chi connectivity index (χ3n) is 11.5. The quantitative estimate of drug-likeness (QED) is 0.160. The summed E-state index contributed by atoms with van der Waals surface area (Å²) in [6.07, 6.45) is 0. The average molecular weight is 811 g/mol. The first-order chi connectivity index (χ1) is 30.7. The number of hydrogen-bond donors (Lipinski definition) is 0.